The van der Waals surface area contributed by atoms with Crippen molar-refractivity contribution in [1.29, 1.82) is 5.26 Å². The second-order valence-electron chi connectivity index (χ2n) is 7.35. The van der Waals surface area contributed by atoms with E-state index in [1.807, 2.05) is 42.5 Å². The molecule has 6 heteroatoms. The summed E-state index contributed by atoms with van der Waals surface area (Å²) in [6.45, 7) is 0.146. The summed E-state index contributed by atoms with van der Waals surface area (Å²) in [5.74, 6) is -1.13. The first kappa shape index (κ1) is 20.2. The van der Waals surface area contributed by atoms with Gasteiger partial charge in [0.15, 0.2) is 0 Å². The van der Waals surface area contributed by atoms with E-state index in [2.05, 4.69) is 17.4 Å². The van der Waals surface area contributed by atoms with Crippen molar-refractivity contribution in [1.82, 2.24) is 5.32 Å². The highest BCUT2D eigenvalue weighted by atomic mass is 16.5. The molecule has 0 radical (unpaired) electrons. The van der Waals surface area contributed by atoms with Crippen molar-refractivity contribution in [3.05, 3.63) is 95.1 Å². The Morgan fingerprint density at radius 3 is 2.10 bits per heavy atom. The Kier molecular flexibility index (Phi) is 5.67. The average Bonchev–Trinajstić information content (AvgIpc) is 3.11. The number of amides is 1. The van der Waals surface area contributed by atoms with Crippen LogP contribution in [0, 0.1) is 11.3 Å². The van der Waals surface area contributed by atoms with Gasteiger partial charge in [0.25, 0.3) is 0 Å². The first-order valence-corrected chi connectivity index (χ1v) is 9.90. The van der Waals surface area contributed by atoms with Gasteiger partial charge in [0.1, 0.15) is 6.61 Å². The number of hydrogen-bond donors (Lipinski definition) is 2. The van der Waals surface area contributed by atoms with Crippen LogP contribution in [0.4, 0.5) is 4.79 Å². The van der Waals surface area contributed by atoms with Crippen molar-refractivity contribution in [2.75, 3.05) is 6.61 Å². The number of fused-ring (bicyclic) bond motifs is 3. The molecular formula is C25H20N2O4. The standard InChI is InChI=1S/C25H20N2O4/c26-14-16-9-11-17(12-10-16)23(13-24(28)29)27-25(30)31-15-22-20-7-3-1-5-18(20)19-6-2-4-8-21(19)22/h1-12,22-23H,13,15H2,(H,27,30)(H,28,29). The van der Waals surface area contributed by atoms with Crippen molar-refractivity contribution < 1.29 is 19.4 Å². The van der Waals surface area contributed by atoms with Crippen molar-refractivity contribution >= 4 is 12.1 Å². The maximum Gasteiger partial charge on any atom is 0.407 e. The number of nitriles is 1. The highest BCUT2D eigenvalue weighted by Gasteiger charge is 2.29. The molecule has 0 aromatic heterocycles. The topological polar surface area (TPSA) is 99.4 Å². The molecule has 3 aromatic carbocycles. The lowest BCUT2D eigenvalue weighted by atomic mass is 9.98. The van der Waals surface area contributed by atoms with E-state index in [9.17, 15) is 14.7 Å². The first-order valence-electron chi connectivity index (χ1n) is 9.90. The van der Waals surface area contributed by atoms with Gasteiger partial charge in [-0.25, -0.2) is 4.79 Å². The van der Waals surface area contributed by atoms with E-state index in [0.29, 0.717) is 11.1 Å². The highest BCUT2D eigenvalue weighted by Crippen LogP contribution is 2.44. The van der Waals surface area contributed by atoms with E-state index >= 15 is 0 Å². The molecule has 3 aromatic rings. The van der Waals surface area contributed by atoms with Crippen LogP contribution in [0.5, 0.6) is 0 Å². The lowest BCUT2D eigenvalue weighted by Crippen LogP contribution is -2.31. The largest absolute Gasteiger partial charge is 0.481 e. The van der Waals surface area contributed by atoms with Gasteiger partial charge < -0.3 is 15.2 Å². The van der Waals surface area contributed by atoms with Gasteiger partial charge in [0.05, 0.1) is 24.1 Å². The van der Waals surface area contributed by atoms with Crippen LogP contribution in [-0.4, -0.2) is 23.8 Å². The predicted molar refractivity (Wildman–Crippen MR) is 114 cm³/mol. The maximum absolute atomic E-state index is 12.5. The number of carbonyl (C=O) groups excluding carboxylic acids is 1. The van der Waals surface area contributed by atoms with E-state index < -0.39 is 18.1 Å². The van der Waals surface area contributed by atoms with Gasteiger partial charge in [0, 0.05) is 5.92 Å². The molecule has 154 valence electrons. The summed E-state index contributed by atoms with van der Waals surface area (Å²) in [5, 5.41) is 20.8. The highest BCUT2D eigenvalue weighted by molar-refractivity contribution is 5.79. The number of carboxylic acid groups (broad SMARTS) is 1. The predicted octanol–water partition coefficient (Wildman–Crippen LogP) is 4.61. The summed E-state index contributed by atoms with van der Waals surface area (Å²) in [6.07, 6.45) is -0.978. The minimum absolute atomic E-state index is 0.0778. The number of carbonyl (C=O) groups is 2. The molecule has 0 heterocycles. The third kappa shape index (κ3) is 4.26. The van der Waals surface area contributed by atoms with Crippen LogP contribution < -0.4 is 5.32 Å². The molecule has 0 saturated carbocycles. The Morgan fingerprint density at radius 2 is 1.55 bits per heavy atom. The molecule has 1 unspecified atom stereocenters. The molecule has 0 aliphatic heterocycles. The van der Waals surface area contributed by atoms with Crippen molar-refractivity contribution in [3.63, 3.8) is 0 Å². The minimum atomic E-state index is -1.05. The minimum Gasteiger partial charge on any atom is -0.481 e. The van der Waals surface area contributed by atoms with E-state index in [1.54, 1.807) is 24.3 Å². The lowest BCUT2D eigenvalue weighted by molar-refractivity contribution is -0.137. The number of aliphatic carboxylic acids is 1. The molecule has 31 heavy (non-hydrogen) atoms. The number of ether oxygens (including phenoxy) is 1. The first-order chi connectivity index (χ1) is 15.1. The Balaban J connectivity index is 1.47. The number of nitrogens with zero attached hydrogens (tertiary/aromatic N) is 1. The van der Waals surface area contributed by atoms with Crippen molar-refractivity contribution in [2.45, 2.75) is 18.4 Å². The number of rotatable bonds is 6. The second-order valence-corrected chi connectivity index (χ2v) is 7.35. The lowest BCUT2D eigenvalue weighted by Gasteiger charge is -2.19. The summed E-state index contributed by atoms with van der Waals surface area (Å²) in [6, 6.07) is 23.8. The van der Waals surface area contributed by atoms with Crippen LogP contribution in [0.2, 0.25) is 0 Å². The van der Waals surface area contributed by atoms with Crippen LogP contribution >= 0.6 is 0 Å². The maximum atomic E-state index is 12.5. The summed E-state index contributed by atoms with van der Waals surface area (Å²) in [4.78, 5) is 23.8. The van der Waals surface area contributed by atoms with Crippen LogP contribution in [0.15, 0.2) is 72.8 Å². The number of hydrogen-bond acceptors (Lipinski definition) is 4. The van der Waals surface area contributed by atoms with Gasteiger partial charge >= 0.3 is 12.1 Å². The zero-order chi connectivity index (χ0) is 21.8. The molecule has 0 fully saturated rings. The van der Waals surface area contributed by atoms with Crippen LogP contribution in [-0.2, 0) is 9.53 Å². The zero-order valence-electron chi connectivity index (χ0n) is 16.6. The van der Waals surface area contributed by atoms with E-state index in [-0.39, 0.29) is 18.9 Å². The van der Waals surface area contributed by atoms with Crippen molar-refractivity contribution in [3.8, 4) is 17.2 Å². The van der Waals surface area contributed by atoms with Crippen LogP contribution in [0.3, 0.4) is 0 Å². The molecule has 4 rings (SSSR count). The summed E-state index contributed by atoms with van der Waals surface area (Å²) in [5.41, 5.74) is 5.52. The molecule has 0 saturated heterocycles. The average molecular weight is 412 g/mol. The Hall–Kier alpha value is -4.11. The Bertz CT molecular complexity index is 1120. The van der Waals surface area contributed by atoms with Gasteiger partial charge in [-0.3, -0.25) is 4.79 Å². The van der Waals surface area contributed by atoms with E-state index in [1.165, 1.54) is 0 Å². The fourth-order valence-electron chi connectivity index (χ4n) is 4.00. The SMILES string of the molecule is N#Cc1ccc(C(CC(=O)O)NC(=O)OCC2c3ccccc3-c3ccccc32)cc1. The van der Waals surface area contributed by atoms with Gasteiger partial charge in [-0.2, -0.15) is 5.26 Å². The molecular weight excluding hydrogens is 392 g/mol. The number of nitrogens with one attached hydrogen (secondary N) is 1. The summed E-state index contributed by atoms with van der Waals surface area (Å²) in [7, 11) is 0. The number of carboxylic acids is 1. The molecule has 0 bridgehead atoms. The van der Waals surface area contributed by atoms with E-state index in [0.717, 1.165) is 22.3 Å². The van der Waals surface area contributed by atoms with Gasteiger partial charge in [-0.05, 0) is 39.9 Å². The Labute approximate surface area is 179 Å². The van der Waals surface area contributed by atoms with Crippen LogP contribution in [0.1, 0.15) is 40.6 Å². The number of benzene rings is 3. The molecule has 6 nitrogen and oxygen atoms in total. The molecule has 0 spiro atoms. The normalized spacial score (nSPS) is 12.9. The molecule has 2 N–H and O–H groups in total. The monoisotopic (exact) mass is 412 g/mol. The van der Waals surface area contributed by atoms with Crippen molar-refractivity contribution in [2.24, 2.45) is 0 Å². The van der Waals surface area contributed by atoms with Crippen LogP contribution in [0.25, 0.3) is 11.1 Å². The fraction of sp³-hybridized carbons (Fsp3) is 0.160. The van der Waals surface area contributed by atoms with Gasteiger partial charge in [-0.15, -0.1) is 0 Å². The summed E-state index contributed by atoms with van der Waals surface area (Å²) >= 11 is 0. The van der Waals surface area contributed by atoms with Gasteiger partial charge in [-0.1, -0.05) is 60.7 Å². The third-order valence-corrected chi connectivity index (χ3v) is 5.46. The fourth-order valence-corrected chi connectivity index (χ4v) is 4.00. The smallest absolute Gasteiger partial charge is 0.407 e. The summed E-state index contributed by atoms with van der Waals surface area (Å²) < 4.78 is 5.52. The molecule has 1 aliphatic rings. The molecule has 1 atom stereocenters. The quantitative estimate of drug-likeness (QED) is 0.616. The van der Waals surface area contributed by atoms with E-state index in [4.69, 9.17) is 10.00 Å². The second kappa shape index (κ2) is 8.72. The molecule has 1 amide bonds. The number of alkyl carbamates (subject to hydrolysis) is 1. The van der Waals surface area contributed by atoms with Gasteiger partial charge in [0.2, 0.25) is 0 Å². The Morgan fingerprint density at radius 1 is 0.968 bits per heavy atom. The third-order valence-electron chi connectivity index (χ3n) is 5.46. The molecule has 1 aliphatic carbocycles. The zero-order valence-corrected chi connectivity index (χ0v) is 16.6.